The van der Waals surface area contributed by atoms with Crippen LogP contribution < -0.4 is 0 Å². The first-order valence-corrected chi connectivity index (χ1v) is 5.39. The van der Waals surface area contributed by atoms with Crippen LogP contribution in [-0.4, -0.2) is 18.5 Å². The fraction of sp³-hybridized carbons (Fsp3) is 0. The molecule has 0 atom stereocenters. The van der Waals surface area contributed by atoms with Crippen molar-refractivity contribution in [3.63, 3.8) is 0 Å². The molecule has 0 bridgehead atoms. The SMILES string of the molecule is O=S(=O)(Cl)c1cc(Cl)cnc1O. The minimum absolute atomic E-state index is 0.0898. The molecule has 0 saturated heterocycles. The van der Waals surface area contributed by atoms with Crippen LogP contribution in [0.2, 0.25) is 5.02 Å². The highest BCUT2D eigenvalue weighted by molar-refractivity contribution is 8.13. The summed E-state index contributed by atoms with van der Waals surface area (Å²) in [4.78, 5) is 2.82. The highest BCUT2D eigenvalue weighted by atomic mass is 35.7. The van der Waals surface area contributed by atoms with Crippen molar-refractivity contribution in [2.45, 2.75) is 4.90 Å². The standard InChI is InChI=1S/C5H3Cl2NO3S/c6-3-1-4(12(7,10)11)5(9)8-2-3/h1-2H,(H,8,9). The van der Waals surface area contributed by atoms with E-state index in [1.165, 1.54) is 0 Å². The number of rotatable bonds is 1. The third-order valence-electron chi connectivity index (χ3n) is 1.06. The van der Waals surface area contributed by atoms with Crippen LogP contribution in [0.4, 0.5) is 0 Å². The molecule has 0 aliphatic carbocycles. The molecule has 0 aromatic carbocycles. The highest BCUT2D eigenvalue weighted by Crippen LogP contribution is 2.25. The lowest BCUT2D eigenvalue weighted by Gasteiger charge is -1.98. The van der Waals surface area contributed by atoms with Gasteiger partial charge in [0.25, 0.3) is 9.05 Å². The lowest BCUT2D eigenvalue weighted by Crippen LogP contribution is -1.92. The summed E-state index contributed by atoms with van der Waals surface area (Å²) in [5.74, 6) is -0.658. The van der Waals surface area contributed by atoms with E-state index < -0.39 is 19.8 Å². The molecule has 1 aromatic heterocycles. The Morgan fingerprint density at radius 2 is 2.08 bits per heavy atom. The highest BCUT2D eigenvalue weighted by Gasteiger charge is 2.16. The molecule has 0 radical (unpaired) electrons. The van der Waals surface area contributed by atoms with Gasteiger partial charge >= 0.3 is 0 Å². The van der Waals surface area contributed by atoms with Gasteiger partial charge in [0, 0.05) is 16.9 Å². The van der Waals surface area contributed by atoms with E-state index in [2.05, 4.69) is 4.98 Å². The van der Waals surface area contributed by atoms with Crippen molar-refractivity contribution in [1.82, 2.24) is 4.98 Å². The number of aromatic nitrogens is 1. The molecular formula is C5H3Cl2NO3S. The summed E-state index contributed by atoms with van der Waals surface area (Å²) in [5, 5.41) is 9.03. The number of aromatic hydroxyl groups is 1. The molecule has 66 valence electrons. The second-order valence-corrected chi connectivity index (χ2v) is 4.88. The van der Waals surface area contributed by atoms with E-state index in [1.807, 2.05) is 0 Å². The monoisotopic (exact) mass is 227 g/mol. The fourth-order valence-corrected chi connectivity index (χ4v) is 1.69. The molecule has 0 amide bonds. The van der Waals surface area contributed by atoms with Crippen LogP contribution in [0.3, 0.4) is 0 Å². The number of halogens is 2. The molecule has 12 heavy (non-hydrogen) atoms. The van der Waals surface area contributed by atoms with Crippen LogP contribution in [0.1, 0.15) is 0 Å². The van der Waals surface area contributed by atoms with Crippen LogP contribution in [0.5, 0.6) is 5.88 Å². The van der Waals surface area contributed by atoms with E-state index in [1.54, 1.807) is 0 Å². The number of nitrogens with zero attached hydrogens (tertiary/aromatic N) is 1. The second-order valence-electron chi connectivity index (χ2n) is 1.91. The van der Waals surface area contributed by atoms with Crippen molar-refractivity contribution in [3.05, 3.63) is 17.3 Å². The topological polar surface area (TPSA) is 67.3 Å². The van der Waals surface area contributed by atoms with Crippen molar-refractivity contribution in [1.29, 1.82) is 0 Å². The Bertz CT molecular complexity index is 403. The van der Waals surface area contributed by atoms with E-state index >= 15 is 0 Å². The quantitative estimate of drug-likeness (QED) is 0.737. The van der Waals surface area contributed by atoms with Crippen molar-refractivity contribution in [3.8, 4) is 5.88 Å². The summed E-state index contributed by atoms with van der Waals surface area (Å²) in [6.45, 7) is 0. The van der Waals surface area contributed by atoms with Gasteiger partial charge in [0.15, 0.2) is 0 Å². The summed E-state index contributed by atoms with van der Waals surface area (Å²) in [6.07, 6.45) is 1.11. The molecule has 1 heterocycles. The Morgan fingerprint density at radius 1 is 1.50 bits per heavy atom. The Labute approximate surface area is 78.2 Å². The molecule has 0 saturated carbocycles. The van der Waals surface area contributed by atoms with Gasteiger partial charge in [-0.15, -0.1) is 0 Å². The van der Waals surface area contributed by atoms with Gasteiger partial charge in [0.05, 0.1) is 5.02 Å². The Morgan fingerprint density at radius 3 is 2.50 bits per heavy atom. The van der Waals surface area contributed by atoms with E-state index in [-0.39, 0.29) is 5.02 Å². The first-order chi connectivity index (χ1) is 5.41. The maximum absolute atomic E-state index is 10.7. The predicted octanol–water partition coefficient (Wildman–Crippen LogP) is 1.37. The first-order valence-electron chi connectivity index (χ1n) is 2.70. The minimum atomic E-state index is -3.98. The largest absolute Gasteiger partial charge is 0.492 e. The summed E-state index contributed by atoms with van der Waals surface area (Å²) < 4.78 is 21.4. The molecule has 0 aliphatic heterocycles. The minimum Gasteiger partial charge on any atom is -0.492 e. The molecule has 1 rings (SSSR count). The zero-order valence-corrected chi connectivity index (χ0v) is 7.86. The van der Waals surface area contributed by atoms with Crippen molar-refractivity contribution in [2.75, 3.05) is 0 Å². The summed E-state index contributed by atoms with van der Waals surface area (Å²) >= 11 is 5.43. The van der Waals surface area contributed by atoms with Gasteiger partial charge in [-0.1, -0.05) is 11.6 Å². The third kappa shape index (κ3) is 2.00. The zero-order valence-electron chi connectivity index (χ0n) is 5.53. The Kier molecular flexibility index (Phi) is 2.46. The van der Waals surface area contributed by atoms with Gasteiger partial charge in [-0.25, -0.2) is 13.4 Å². The van der Waals surface area contributed by atoms with Gasteiger partial charge in [0.1, 0.15) is 4.90 Å². The van der Waals surface area contributed by atoms with Gasteiger partial charge < -0.3 is 5.11 Å². The second kappa shape index (κ2) is 3.08. The van der Waals surface area contributed by atoms with E-state index in [0.29, 0.717) is 0 Å². The zero-order chi connectivity index (χ0) is 9.35. The maximum Gasteiger partial charge on any atom is 0.266 e. The summed E-state index contributed by atoms with van der Waals surface area (Å²) in [7, 11) is 0.969. The van der Waals surface area contributed by atoms with Crippen LogP contribution in [0.25, 0.3) is 0 Å². The molecule has 1 N–H and O–H groups in total. The molecular weight excluding hydrogens is 225 g/mol. The molecule has 4 nitrogen and oxygen atoms in total. The molecule has 0 aliphatic rings. The van der Waals surface area contributed by atoms with Crippen LogP contribution in [0, 0.1) is 0 Å². The Balaban J connectivity index is 3.43. The van der Waals surface area contributed by atoms with Gasteiger partial charge in [-0.3, -0.25) is 0 Å². The molecule has 1 aromatic rings. The van der Waals surface area contributed by atoms with Crippen molar-refractivity contribution >= 4 is 31.3 Å². The van der Waals surface area contributed by atoms with Crippen LogP contribution in [-0.2, 0) is 9.05 Å². The molecule has 7 heteroatoms. The number of hydrogen-bond acceptors (Lipinski definition) is 4. The van der Waals surface area contributed by atoms with Crippen molar-refractivity contribution in [2.24, 2.45) is 0 Å². The summed E-state index contributed by atoms with van der Waals surface area (Å²) in [5.41, 5.74) is 0. The maximum atomic E-state index is 10.7. The first kappa shape index (κ1) is 9.57. The lowest BCUT2D eigenvalue weighted by molar-refractivity contribution is 0.437. The van der Waals surface area contributed by atoms with Gasteiger partial charge in [-0.05, 0) is 6.07 Å². The van der Waals surface area contributed by atoms with Crippen LogP contribution >= 0.6 is 22.3 Å². The van der Waals surface area contributed by atoms with E-state index in [9.17, 15) is 8.42 Å². The summed E-state index contributed by atoms with van der Waals surface area (Å²) in [6, 6.07) is 1.02. The van der Waals surface area contributed by atoms with E-state index in [4.69, 9.17) is 27.4 Å². The molecule has 0 spiro atoms. The average molecular weight is 228 g/mol. The normalized spacial score (nSPS) is 11.5. The smallest absolute Gasteiger partial charge is 0.266 e. The van der Waals surface area contributed by atoms with Gasteiger partial charge in [0.2, 0.25) is 5.88 Å². The fourth-order valence-electron chi connectivity index (χ4n) is 0.593. The van der Waals surface area contributed by atoms with Gasteiger partial charge in [-0.2, -0.15) is 0 Å². The average Bonchev–Trinajstić information content (AvgIpc) is 1.92. The molecule has 0 fully saturated rings. The van der Waals surface area contributed by atoms with Crippen molar-refractivity contribution < 1.29 is 13.5 Å². The predicted molar refractivity (Wildman–Crippen MR) is 44.0 cm³/mol. The number of pyridine rings is 1. The number of hydrogen-bond donors (Lipinski definition) is 1. The lowest BCUT2D eigenvalue weighted by atomic mass is 10.5. The van der Waals surface area contributed by atoms with E-state index in [0.717, 1.165) is 12.3 Å². The third-order valence-corrected chi connectivity index (χ3v) is 2.59. The molecule has 0 unspecified atom stereocenters. The Hall–Kier alpha value is -0.520. The van der Waals surface area contributed by atoms with Crippen LogP contribution in [0.15, 0.2) is 17.2 Å².